The van der Waals surface area contributed by atoms with Gasteiger partial charge in [0.25, 0.3) is 5.91 Å². The monoisotopic (exact) mass is 290 g/mol. The molecule has 1 fully saturated rings. The van der Waals surface area contributed by atoms with E-state index in [1.54, 1.807) is 29.2 Å². The van der Waals surface area contributed by atoms with E-state index in [1.807, 2.05) is 0 Å². The van der Waals surface area contributed by atoms with Gasteiger partial charge in [0.2, 0.25) is 5.91 Å². The standard InChI is InChI=1S/C15H18N2O4/c1-10(18)16-13-5-3-11(4-6-13)14(19)17-8-7-12(9-17)15(20)21-2/h3-6,12H,7-9H2,1-2H3,(H,16,18). The summed E-state index contributed by atoms with van der Waals surface area (Å²) in [6.45, 7) is 2.36. The molecule has 0 saturated carbocycles. The van der Waals surface area contributed by atoms with E-state index in [0.29, 0.717) is 30.8 Å². The second-order valence-electron chi connectivity index (χ2n) is 5.02. The molecule has 6 nitrogen and oxygen atoms in total. The Balaban J connectivity index is 2.00. The molecule has 2 rings (SSSR count). The number of likely N-dealkylation sites (tertiary alicyclic amines) is 1. The number of benzene rings is 1. The molecule has 1 aliphatic rings. The van der Waals surface area contributed by atoms with E-state index in [2.05, 4.69) is 5.32 Å². The summed E-state index contributed by atoms with van der Waals surface area (Å²) in [5.74, 6) is -0.783. The molecule has 1 N–H and O–H groups in total. The van der Waals surface area contributed by atoms with Crippen LogP contribution in [0.15, 0.2) is 24.3 Å². The summed E-state index contributed by atoms with van der Waals surface area (Å²) in [5.41, 5.74) is 1.18. The lowest BCUT2D eigenvalue weighted by molar-refractivity contribution is -0.144. The SMILES string of the molecule is COC(=O)C1CCN(C(=O)c2ccc(NC(C)=O)cc2)C1. The second kappa shape index (κ2) is 6.39. The Kier molecular flexibility index (Phi) is 4.57. The number of amides is 2. The predicted molar refractivity (Wildman–Crippen MR) is 76.8 cm³/mol. The normalized spacial score (nSPS) is 17.4. The van der Waals surface area contributed by atoms with Crippen molar-refractivity contribution in [3.05, 3.63) is 29.8 Å². The maximum atomic E-state index is 12.3. The molecule has 6 heteroatoms. The van der Waals surface area contributed by atoms with Gasteiger partial charge in [0.1, 0.15) is 0 Å². The lowest BCUT2D eigenvalue weighted by atomic mass is 10.1. The van der Waals surface area contributed by atoms with Gasteiger partial charge < -0.3 is 15.0 Å². The van der Waals surface area contributed by atoms with Crippen molar-refractivity contribution in [1.29, 1.82) is 0 Å². The Morgan fingerprint density at radius 2 is 1.90 bits per heavy atom. The molecule has 21 heavy (non-hydrogen) atoms. The van der Waals surface area contributed by atoms with Gasteiger partial charge in [0, 0.05) is 31.3 Å². The topological polar surface area (TPSA) is 75.7 Å². The molecule has 1 unspecified atom stereocenters. The van der Waals surface area contributed by atoms with Crippen molar-refractivity contribution in [2.24, 2.45) is 5.92 Å². The molecule has 0 spiro atoms. The molecular formula is C15H18N2O4. The summed E-state index contributed by atoms with van der Waals surface area (Å²) in [6, 6.07) is 6.70. The average Bonchev–Trinajstić information content (AvgIpc) is 2.95. The van der Waals surface area contributed by atoms with Crippen molar-refractivity contribution in [3.8, 4) is 0 Å². The van der Waals surface area contributed by atoms with Crippen LogP contribution in [0, 0.1) is 5.92 Å². The number of carbonyl (C=O) groups is 3. The highest BCUT2D eigenvalue weighted by Crippen LogP contribution is 2.20. The molecule has 1 aromatic rings. The van der Waals surface area contributed by atoms with Crippen LogP contribution in [0.25, 0.3) is 0 Å². The lowest BCUT2D eigenvalue weighted by Gasteiger charge is -2.16. The highest BCUT2D eigenvalue weighted by Gasteiger charge is 2.31. The Labute approximate surface area is 123 Å². The van der Waals surface area contributed by atoms with Crippen molar-refractivity contribution in [2.75, 3.05) is 25.5 Å². The van der Waals surface area contributed by atoms with Gasteiger partial charge in [-0.1, -0.05) is 0 Å². The largest absolute Gasteiger partial charge is 0.469 e. The first-order chi connectivity index (χ1) is 10.0. The summed E-state index contributed by atoms with van der Waals surface area (Å²) in [5, 5.41) is 2.65. The molecule has 0 aromatic heterocycles. The fraction of sp³-hybridized carbons (Fsp3) is 0.400. The van der Waals surface area contributed by atoms with E-state index in [9.17, 15) is 14.4 Å². The minimum absolute atomic E-state index is 0.115. The quantitative estimate of drug-likeness (QED) is 0.851. The van der Waals surface area contributed by atoms with Crippen molar-refractivity contribution in [2.45, 2.75) is 13.3 Å². The maximum absolute atomic E-state index is 12.3. The van der Waals surface area contributed by atoms with Crippen LogP contribution in [0.3, 0.4) is 0 Å². The first-order valence-corrected chi connectivity index (χ1v) is 6.76. The zero-order valence-electron chi connectivity index (χ0n) is 12.1. The Bertz CT molecular complexity index is 553. The van der Waals surface area contributed by atoms with Gasteiger partial charge >= 0.3 is 5.97 Å². The molecule has 0 bridgehead atoms. The number of anilines is 1. The third-order valence-electron chi connectivity index (χ3n) is 3.46. The summed E-state index contributed by atoms with van der Waals surface area (Å²) in [4.78, 5) is 36.4. The molecule has 1 atom stereocenters. The zero-order chi connectivity index (χ0) is 15.4. The summed E-state index contributed by atoms with van der Waals surface area (Å²) >= 11 is 0. The van der Waals surface area contributed by atoms with Crippen LogP contribution in [0.4, 0.5) is 5.69 Å². The molecule has 1 saturated heterocycles. The summed E-state index contributed by atoms with van der Waals surface area (Å²) in [7, 11) is 1.35. The van der Waals surface area contributed by atoms with E-state index in [0.717, 1.165) is 0 Å². The van der Waals surface area contributed by atoms with Gasteiger partial charge in [-0.15, -0.1) is 0 Å². The van der Waals surface area contributed by atoms with Crippen LogP contribution in [-0.4, -0.2) is 42.9 Å². The number of esters is 1. The van der Waals surface area contributed by atoms with Crippen LogP contribution >= 0.6 is 0 Å². The number of nitrogens with zero attached hydrogens (tertiary/aromatic N) is 1. The Morgan fingerprint density at radius 1 is 1.24 bits per heavy atom. The second-order valence-corrected chi connectivity index (χ2v) is 5.02. The third kappa shape index (κ3) is 3.59. The van der Waals surface area contributed by atoms with E-state index < -0.39 is 0 Å². The van der Waals surface area contributed by atoms with Gasteiger partial charge in [0.05, 0.1) is 13.0 Å². The summed E-state index contributed by atoms with van der Waals surface area (Å²) < 4.78 is 4.70. The van der Waals surface area contributed by atoms with E-state index in [-0.39, 0.29) is 23.7 Å². The minimum atomic E-state index is -0.272. The predicted octanol–water partition coefficient (Wildman–Crippen LogP) is 1.28. The molecule has 0 aliphatic carbocycles. The fourth-order valence-electron chi connectivity index (χ4n) is 2.39. The number of carbonyl (C=O) groups excluding carboxylic acids is 3. The van der Waals surface area contributed by atoms with Gasteiger partial charge in [0.15, 0.2) is 0 Å². The fourth-order valence-corrected chi connectivity index (χ4v) is 2.39. The first kappa shape index (κ1) is 15.0. The van der Waals surface area contributed by atoms with Crippen LogP contribution in [-0.2, 0) is 14.3 Å². The Hall–Kier alpha value is -2.37. The van der Waals surface area contributed by atoms with Gasteiger partial charge in [-0.25, -0.2) is 0 Å². The van der Waals surface area contributed by atoms with Crippen LogP contribution in [0.2, 0.25) is 0 Å². The molecule has 1 heterocycles. The first-order valence-electron chi connectivity index (χ1n) is 6.76. The van der Waals surface area contributed by atoms with Crippen molar-refractivity contribution in [3.63, 3.8) is 0 Å². The zero-order valence-corrected chi connectivity index (χ0v) is 12.1. The van der Waals surface area contributed by atoms with E-state index in [4.69, 9.17) is 4.74 Å². The molecule has 112 valence electrons. The van der Waals surface area contributed by atoms with Crippen LogP contribution in [0.1, 0.15) is 23.7 Å². The number of ether oxygens (including phenoxy) is 1. The maximum Gasteiger partial charge on any atom is 0.310 e. The van der Waals surface area contributed by atoms with E-state index in [1.165, 1.54) is 14.0 Å². The van der Waals surface area contributed by atoms with Crippen LogP contribution < -0.4 is 5.32 Å². The average molecular weight is 290 g/mol. The van der Waals surface area contributed by atoms with E-state index >= 15 is 0 Å². The number of hydrogen-bond donors (Lipinski definition) is 1. The minimum Gasteiger partial charge on any atom is -0.469 e. The highest BCUT2D eigenvalue weighted by atomic mass is 16.5. The molecule has 1 aromatic carbocycles. The van der Waals surface area contributed by atoms with Crippen molar-refractivity contribution >= 4 is 23.5 Å². The third-order valence-corrected chi connectivity index (χ3v) is 3.46. The number of hydrogen-bond acceptors (Lipinski definition) is 4. The number of rotatable bonds is 3. The molecular weight excluding hydrogens is 272 g/mol. The summed E-state index contributed by atoms with van der Waals surface area (Å²) in [6.07, 6.45) is 0.627. The Morgan fingerprint density at radius 3 is 2.48 bits per heavy atom. The molecule has 2 amide bonds. The molecule has 0 radical (unpaired) electrons. The lowest BCUT2D eigenvalue weighted by Crippen LogP contribution is -2.30. The van der Waals surface area contributed by atoms with Crippen molar-refractivity contribution < 1.29 is 19.1 Å². The van der Waals surface area contributed by atoms with Crippen LogP contribution in [0.5, 0.6) is 0 Å². The van der Waals surface area contributed by atoms with Gasteiger partial charge in [-0.3, -0.25) is 14.4 Å². The van der Waals surface area contributed by atoms with Crippen molar-refractivity contribution in [1.82, 2.24) is 4.90 Å². The van der Waals surface area contributed by atoms with Gasteiger partial charge in [-0.05, 0) is 30.7 Å². The number of nitrogens with one attached hydrogen (secondary N) is 1. The number of methoxy groups -OCH3 is 1. The highest BCUT2D eigenvalue weighted by molar-refractivity contribution is 5.96. The molecule has 1 aliphatic heterocycles. The van der Waals surface area contributed by atoms with Gasteiger partial charge in [-0.2, -0.15) is 0 Å². The smallest absolute Gasteiger partial charge is 0.310 e.